The Balaban J connectivity index is 1.70. The highest BCUT2D eigenvalue weighted by atomic mass is 16.5. The molecule has 3 rings (SSSR count). The molecule has 4 N–H and O–H groups in total. The number of rotatable bonds is 12. The molecular weight excluding hydrogens is 442 g/mol. The predicted octanol–water partition coefficient (Wildman–Crippen LogP) is 2.86. The summed E-state index contributed by atoms with van der Waals surface area (Å²) in [6.07, 6.45) is 4.44. The largest absolute Gasteiger partial charge is 0.385 e. The lowest BCUT2D eigenvalue weighted by Crippen LogP contribution is -2.50. The Morgan fingerprint density at radius 3 is 2.40 bits per heavy atom. The third kappa shape index (κ3) is 8.01. The molecule has 1 aliphatic carbocycles. The number of methoxy groups -OCH3 is 1. The molecule has 2 aromatic rings. The van der Waals surface area contributed by atoms with Crippen LogP contribution in [-0.2, 0) is 20.7 Å². The molecule has 1 atom stereocenters. The second-order valence-corrected chi connectivity index (χ2v) is 9.25. The maximum Gasteiger partial charge on any atom is 0.242 e. The molecule has 188 valence electrons. The Morgan fingerprint density at radius 1 is 1.00 bits per heavy atom. The summed E-state index contributed by atoms with van der Waals surface area (Å²) in [5, 5.41) is 5.90. The fourth-order valence-corrected chi connectivity index (χ4v) is 4.54. The van der Waals surface area contributed by atoms with Gasteiger partial charge in [-0.3, -0.25) is 14.4 Å². The van der Waals surface area contributed by atoms with Gasteiger partial charge in [-0.1, -0.05) is 48.5 Å². The van der Waals surface area contributed by atoms with Crippen molar-refractivity contribution >= 4 is 17.6 Å². The first-order valence-corrected chi connectivity index (χ1v) is 12.5. The lowest BCUT2D eigenvalue weighted by atomic mass is 9.81. The SMILES string of the molecule is COCCCNC(=O)C(Cc1cccc(C(=O)c2ccccc2)c1)NC(=O)C1CCC(CN)CC1. The number of nitrogens with one attached hydrogen (secondary N) is 2. The van der Waals surface area contributed by atoms with Gasteiger partial charge in [0.1, 0.15) is 6.04 Å². The highest BCUT2D eigenvalue weighted by molar-refractivity contribution is 6.09. The zero-order valence-electron chi connectivity index (χ0n) is 20.5. The Hall–Kier alpha value is -3.03. The summed E-state index contributed by atoms with van der Waals surface area (Å²) in [6.45, 7) is 1.66. The zero-order chi connectivity index (χ0) is 25.0. The summed E-state index contributed by atoms with van der Waals surface area (Å²) in [4.78, 5) is 38.9. The first-order chi connectivity index (χ1) is 17.0. The topological polar surface area (TPSA) is 111 Å². The van der Waals surface area contributed by atoms with Crippen molar-refractivity contribution in [1.29, 1.82) is 0 Å². The monoisotopic (exact) mass is 479 g/mol. The average molecular weight is 480 g/mol. The molecule has 7 nitrogen and oxygen atoms in total. The van der Waals surface area contributed by atoms with E-state index in [9.17, 15) is 14.4 Å². The standard InChI is InChI=1S/C28H37N3O4/c1-35-16-6-15-30-28(34)25(31-27(33)23-13-11-20(19-29)12-14-23)18-21-7-5-10-24(17-21)26(32)22-8-3-2-4-9-22/h2-5,7-10,17,20,23,25H,6,11-16,18-19,29H2,1H3,(H,30,34)(H,31,33). The average Bonchev–Trinajstić information content (AvgIpc) is 2.90. The lowest BCUT2D eigenvalue weighted by Gasteiger charge is -2.28. The van der Waals surface area contributed by atoms with Gasteiger partial charge in [0.2, 0.25) is 11.8 Å². The molecule has 0 heterocycles. The van der Waals surface area contributed by atoms with Gasteiger partial charge in [-0.25, -0.2) is 0 Å². The van der Waals surface area contributed by atoms with Crippen molar-refractivity contribution < 1.29 is 19.1 Å². The Labute approximate surface area is 207 Å². The molecule has 0 spiro atoms. The van der Waals surface area contributed by atoms with Crippen LogP contribution in [0.2, 0.25) is 0 Å². The molecule has 0 radical (unpaired) electrons. The van der Waals surface area contributed by atoms with Crippen molar-refractivity contribution in [3.8, 4) is 0 Å². The third-order valence-corrected chi connectivity index (χ3v) is 6.67. The second-order valence-electron chi connectivity index (χ2n) is 9.25. The first kappa shape index (κ1) is 26.6. The number of nitrogens with two attached hydrogens (primary N) is 1. The highest BCUT2D eigenvalue weighted by Gasteiger charge is 2.29. The van der Waals surface area contributed by atoms with Crippen molar-refractivity contribution in [1.82, 2.24) is 10.6 Å². The van der Waals surface area contributed by atoms with Gasteiger partial charge in [-0.2, -0.15) is 0 Å². The molecule has 2 amide bonds. The van der Waals surface area contributed by atoms with Crippen molar-refractivity contribution in [2.75, 3.05) is 26.8 Å². The third-order valence-electron chi connectivity index (χ3n) is 6.67. The number of amides is 2. The van der Waals surface area contributed by atoms with E-state index in [1.54, 1.807) is 31.4 Å². The van der Waals surface area contributed by atoms with Crippen LogP contribution in [0.15, 0.2) is 54.6 Å². The molecule has 1 unspecified atom stereocenters. The fraction of sp³-hybridized carbons (Fsp3) is 0.464. The normalized spacial score (nSPS) is 18.5. The van der Waals surface area contributed by atoms with Crippen LogP contribution in [0.4, 0.5) is 0 Å². The lowest BCUT2D eigenvalue weighted by molar-refractivity contribution is -0.131. The molecule has 1 fully saturated rings. The van der Waals surface area contributed by atoms with Gasteiger partial charge >= 0.3 is 0 Å². The molecule has 0 aliphatic heterocycles. The molecule has 7 heteroatoms. The van der Waals surface area contributed by atoms with E-state index in [0.29, 0.717) is 49.6 Å². The summed E-state index contributed by atoms with van der Waals surface area (Å²) < 4.78 is 5.05. The van der Waals surface area contributed by atoms with Gasteiger partial charge in [-0.15, -0.1) is 0 Å². The molecule has 2 aromatic carbocycles. The minimum absolute atomic E-state index is 0.0753. The summed E-state index contributed by atoms with van der Waals surface area (Å²) >= 11 is 0. The van der Waals surface area contributed by atoms with Gasteiger partial charge in [0.05, 0.1) is 0 Å². The van der Waals surface area contributed by atoms with E-state index in [2.05, 4.69) is 10.6 Å². The van der Waals surface area contributed by atoms with Crippen LogP contribution in [0, 0.1) is 11.8 Å². The minimum Gasteiger partial charge on any atom is -0.385 e. The highest BCUT2D eigenvalue weighted by Crippen LogP contribution is 2.28. The number of ketones is 1. The second kappa shape index (κ2) is 13.8. The predicted molar refractivity (Wildman–Crippen MR) is 136 cm³/mol. The van der Waals surface area contributed by atoms with Gasteiger partial charge in [-0.05, 0) is 56.2 Å². The first-order valence-electron chi connectivity index (χ1n) is 12.5. The number of hydrogen-bond donors (Lipinski definition) is 3. The van der Waals surface area contributed by atoms with Crippen molar-refractivity contribution in [3.63, 3.8) is 0 Å². The van der Waals surface area contributed by atoms with Crippen LogP contribution >= 0.6 is 0 Å². The van der Waals surface area contributed by atoms with Crippen LogP contribution in [0.3, 0.4) is 0 Å². The molecular formula is C28H37N3O4. The zero-order valence-corrected chi connectivity index (χ0v) is 20.5. The van der Waals surface area contributed by atoms with Crippen molar-refractivity contribution in [2.24, 2.45) is 17.6 Å². The van der Waals surface area contributed by atoms with Crippen LogP contribution in [-0.4, -0.2) is 50.4 Å². The van der Waals surface area contributed by atoms with E-state index in [-0.39, 0.29) is 23.5 Å². The van der Waals surface area contributed by atoms with Crippen LogP contribution in [0.25, 0.3) is 0 Å². The molecule has 35 heavy (non-hydrogen) atoms. The number of benzene rings is 2. The van der Waals surface area contributed by atoms with Crippen molar-refractivity contribution in [2.45, 2.75) is 44.6 Å². The van der Waals surface area contributed by atoms with E-state index < -0.39 is 6.04 Å². The number of ether oxygens (including phenoxy) is 1. The van der Waals surface area contributed by atoms with E-state index in [0.717, 1.165) is 31.2 Å². The molecule has 0 bridgehead atoms. The van der Waals surface area contributed by atoms with Gasteiger partial charge in [0.15, 0.2) is 5.78 Å². The van der Waals surface area contributed by atoms with Crippen LogP contribution in [0.1, 0.15) is 53.6 Å². The summed E-state index contributed by atoms with van der Waals surface area (Å²) in [5.74, 6) is -0.0240. The molecule has 0 saturated heterocycles. The summed E-state index contributed by atoms with van der Waals surface area (Å²) in [7, 11) is 1.62. The van der Waals surface area contributed by atoms with E-state index >= 15 is 0 Å². The van der Waals surface area contributed by atoms with Gasteiger partial charge in [0.25, 0.3) is 0 Å². The van der Waals surface area contributed by atoms with E-state index in [1.807, 2.05) is 30.3 Å². The van der Waals surface area contributed by atoms with E-state index in [4.69, 9.17) is 10.5 Å². The van der Waals surface area contributed by atoms with Crippen molar-refractivity contribution in [3.05, 3.63) is 71.3 Å². The van der Waals surface area contributed by atoms with Crippen LogP contribution in [0.5, 0.6) is 0 Å². The molecule has 1 saturated carbocycles. The number of carbonyl (C=O) groups is 3. The quantitative estimate of drug-likeness (QED) is 0.320. The summed E-state index contributed by atoms with van der Waals surface area (Å²) in [5.41, 5.74) is 7.76. The summed E-state index contributed by atoms with van der Waals surface area (Å²) in [6, 6.07) is 15.6. The molecule has 1 aliphatic rings. The van der Waals surface area contributed by atoms with Gasteiger partial charge < -0.3 is 21.1 Å². The minimum atomic E-state index is -0.723. The Kier molecular flexibility index (Phi) is 10.4. The maximum absolute atomic E-state index is 13.0. The van der Waals surface area contributed by atoms with Gasteiger partial charge in [0, 0.05) is 43.7 Å². The maximum atomic E-state index is 13.0. The number of hydrogen-bond acceptors (Lipinski definition) is 5. The Morgan fingerprint density at radius 2 is 1.71 bits per heavy atom. The van der Waals surface area contributed by atoms with Crippen LogP contribution < -0.4 is 16.4 Å². The fourth-order valence-electron chi connectivity index (χ4n) is 4.54. The number of carbonyl (C=O) groups excluding carboxylic acids is 3. The molecule has 0 aromatic heterocycles. The van der Waals surface area contributed by atoms with E-state index in [1.165, 1.54) is 0 Å². The Bertz CT molecular complexity index is 971. The smallest absolute Gasteiger partial charge is 0.242 e.